The predicted molar refractivity (Wildman–Crippen MR) is 224 cm³/mol. The average Bonchev–Trinajstić information content (AvgIpc) is 3.86. The van der Waals surface area contributed by atoms with E-state index in [4.69, 9.17) is 8.83 Å². The zero-order valence-electron chi connectivity index (χ0n) is 30.0. The minimum Gasteiger partial charge on any atom is -0.456 e. The van der Waals surface area contributed by atoms with Crippen molar-refractivity contribution in [3.63, 3.8) is 0 Å². The number of furan rings is 2. The third-order valence-corrected chi connectivity index (χ3v) is 11.5. The first-order chi connectivity index (χ1) is 26.5. The molecule has 2 aromatic heterocycles. The Morgan fingerprint density at radius 1 is 0.407 bits per heavy atom. The van der Waals surface area contributed by atoms with Gasteiger partial charge in [-0.3, -0.25) is 0 Å². The summed E-state index contributed by atoms with van der Waals surface area (Å²) in [6.45, 7) is 4.69. The molecule has 8 aromatic carbocycles. The fourth-order valence-corrected chi connectivity index (χ4v) is 8.86. The van der Waals surface area contributed by atoms with Crippen molar-refractivity contribution >= 4 is 60.9 Å². The Bertz CT molecular complexity index is 3070. The van der Waals surface area contributed by atoms with Crippen LogP contribution >= 0.6 is 0 Å². The van der Waals surface area contributed by atoms with Gasteiger partial charge in [0.15, 0.2) is 0 Å². The van der Waals surface area contributed by atoms with Crippen molar-refractivity contribution in [1.29, 1.82) is 0 Å². The number of fused-ring (bicyclic) bond motifs is 9. The number of benzene rings is 8. The molecule has 0 bridgehead atoms. The van der Waals surface area contributed by atoms with Crippen LogP contribution in [-0.4, -0.2) is 0 Å². The molecule has 0 saturated carbocycles. The van der Waals surface area contributed by atoms with Crippen LogP contribution in [0.1, 0.15) is 25.0 Å². The van der Waals surface area contributed by atoms with E-state index in [1.54, 1.807) is 0 Å². The van der Waals surface area contributed by atoms with E-state index in [9.17, 15) is 0 Å². The maximum absolute atomic E-state index is 6.54. The molecule has 10 aromatic rings. The molecular formula is C51H35NO2. The minimum absolute atomic E-state index is 0.156. The summed E-state index contributed by atoms with van der Waals surface area (Å²) in [5.41, 5.74) is 16.4. The Morgan fingerprint density at radius 2 is 1.00 bits per heavy atom. The van der Waals surface area contributed by atoms with E-state index < -0.39 is 0 Å². The van der Waals surface area contributed by atoms with E-state index in [2.05, 4.69) is 176 Å². The first-order valence-electron chi connectivity index (χ1n) is 18.6. The zero-order valence-corrected chi connectivity index (χ0v) is 30.0. The van der Waals surface area contributed by atoms with Gasteiger partial charge >= 0.3 is 0 Å². The number of rotatable bonds is 5. The van der Waals surface area contributed by atoms with Gasteiger partial charge in [0.1, 0.15) is 22.3 Å². The second-order valence-corrected chi connectivity index (χ2v) is 14.9. The first-order valence-corrected chi connectivity index (χ1v) is 18.6. The Kier molecular flexibility index (Phi) is 6.60. The predicted octanol–water partition coefficient (Wildman–Crippen LogP) is 14.6. The topological polar surface area (TPSA) is 29.5 Å². The summed E-state index contributed by atoms with van der Waals surface area (Å²) >= 11 is 0. The van der Waals surface area contributed by atoms with Gasteiger partial charge in [0.25, 0.3) is 0 Å². The summed E-state index contributed by atoms with van der Waals surface area (Å²) in [6, 6.07) is 63.0. The fourth-order valence-electron chi connectivity index (χ4n) is 8.86. The molecule has 0 saturated heterocycles. The molecular weight excluding hydrogens is 659 g/mol. The standard InChI is InChI=1S/C51H35NO2/c1-51(2)42-17-9-6-14-37(42)38-26-24-35(30-43(38)51)52(36-25-27-40-39-15-7-10-18-45(39)54-48(40)31-36)44-28-29-47-50(41-16-8-11-19-46(41)53-47)49(44)34-22-20-33(21-23-34)32-12-4-3-5-13-32/h3-31H,1-2H3. The SMILES string of the molecule is CC1(C)c2ccccc2-c2ccc(N(c3ccc4c(c3)oc3ccccc34)c3ccc4oc5ccccc5c4c3-c3ccc(-c4ccccc4)cc3)cc21. The summed E-state index contributed by atoms with van der Waals surface area (Å²) < 4.78 is 13.0. The molecule has 3 heteroatoms. The third kappa shape index (κ3) is 4.55. The molecule has 1 aliphatic rings. The van der Waals surface area contributed by atoms with Crippen LogP contribution in [0.25, 0.3) is 77.3 Å². The highest BCUT2D eigenvalue weighted by atomic mass is 16.3. The van der Waals surface area contributed by atoms with Crippen molar-refractivity contribution in [3.8, 4) is 33.4 Å². The summed E-state index contributed by atoms with van der Waals surface area (Å²) in [5, 5.41) is 4.41. The van der Waals surface area contributed by atoms with Gasteiger partial charge in [0.2, 0.25) is 0 Å². The highest BCUT2D eigenvalue weighted by molar-refractivity contribution is 6.17. The normalized spacial score (nSPS) is 13.1. The van der Waals surface area contributed by atoms with E-state index >= 15 is 0 Å². The van der Waals surface area contributed by atoms with Crippen molar-refractivity contribution in [3.05, 3.63) is 187 Å². The monoisotopic (exact) mass is 693 g/mol. The molecule has 54 heavy (non-hydrogen) atoms. The summed E-state index contributed by atoms with van der Waals surface area (Å²) in [4.78, 5) is 2.41. The van der Waals surface area contributed by atoms with Gasteiger partial charge in [-0.2, -0.15) is 0 Å². The van der Waals surface area contributed by atoms with Crippen LogP contribution in [0.15, 0.2) is 185 Å². The number of anilines is 3. The van der Waals surface area contributed by atoms with Crippen LogP contribution < -0.4 is 4.90 Å². The molecule has 0 N–H and O–H groups in total. The molecule has 0 unspecified atom stereocenters. The van der Waals surface area contributed by atoms with Crippen LogP contribution in [0.3, 0.4) is 0 Å². The zero-order chi connectivity index (χ0) is 36.0. The second kappa shape index (κ2) is 11.6. The van der Waals surface area contributed by atoms with Gasteiger partial charge in [-0.05, 0) is 87.5 Å². The average molecular weight is 694 g/mol. The Morgan fingerprint density at radius 3 is 1.83 bits per heavy atom. The first kappa shape index (κ1) is 30.8. The lowest BCUT2D eigenvalue weighted by atomic mass is 9.82. The van der Waals surface area contributed by atoms with Crippen molar-refractivity contribution in [2.45, 2.75) is 19.3 Å². The largest absolute Gasteiger partial charge is 0.456 e. The Hall–Kier alpha value is -6.84. The van der Waals surface area contributed by atoms with Crippen LogP contribution in [0.4, 0.5) is 17.1 Å². The van der Waals surface area contributed by atoms with Gasteiger partial charge in [0.05, 0.1) is 5.69 Å². The molecule has 0 spiro atoms. The van der Waals surface area contributed by atoms with Crippen LogP contribution in [-0.2, 0) is 5.41 Å². The smallest absolute Gasteiger partial charge is 0.137 e. The molecule has 11 rings (SSSR count). The summed E-state index contributed by atoms with van der Waals surface area (Å²) in [5.74, 6) is 0. The van der Waals surface area contributed by atoms with E-state index in [-0.39, 0.29) is 5.41 Å². The van der Waals surface area contributed by atoms with Crippen LogP contribution in [0.2, 0.25) is 0 Å². The molecule has 0 aliphatic heterocycles. The van der Waals surface area contributed by atoms with Crippen molar-refractivity contribution in [1.82, 2.24) is 0 Å². The van der Waals surface area contributed by atoms with Crippen LogP contribution in [0, 0.1) is 0 Å². The maximum atomic E-state index is 6.54. The fraction of sp³-hybridized carbons (Fsp3) is 0.0588. The molecule has 2 heterocycles. The Balaban J connectivity index is 1.20. The highest BCUT2D eigenvalue weighted by Gasteiger charge is 2.36. The number of nitrogens with zero attached hydrogens (tertiary/aromatic N) is 1. The molecule has 3 nitrogen and oxygen atoms in total. The number of para-hydroxylation sites is 2. The molecule has 256 valence electrons. The van der Waals surface area contributed by atoms with E-state index in [1.165, 1.54) is 33.4 Å². The number of hydrogen-bond acceptors (Lipinski definition) is 3. The summed E-state index contributed by atoms with van der Waals surface area (Å²) in [7, 11) is 0. The Labute approximate surface area is 313 Å². The lowest BCUT2D eigenvalue weighted by molar-refractivity contribution is 0.660. The van der Waals surface area contributed by atoms with Crippen LogP contribution in [0.5, 0.6) is 0 Å². The van der Waals surface area contributed by atoms with Crippen molar-refractivity contribution < 1.29 is 8.83 Å². The van der Waals surface area contributed by atoms with E-state index in [0.29, 0.717) is 0 Å². The molecule has 0 fully saturated rings. The lowest BCUT2D eigenvalue weighted by Crippen LogP contribution is -2.17. The van der Waals surface area contributed by atoms with E-state index in [0.717, 1.165) is 72.1 Å². The minimum atomic E-state index is -0.156. The maximum Gasteiger partial charge on any atom is 0.137 e. The van der Waals surface area contributed by atoms with Crippen molar-refractivity contribution in [2.24, 2.45) is 0 Å². The second-order valence-electron chi connectivity index (χ2n) is 14.9. The van der Waals surface area contributed by atoms with Gasteiger partial charge < -0.3 is 13.7 Å². The van der Waals surface area contributed by atoms with Gasteiger partial charge in [-0.1, -0.05) is 135 Å². The van der Waals surface area contributed by atoms with Gasteiger partial charge in [0, 0.05) is 50.0 Å². The molecule has 0 atom stereocenters. The van der Waals surface area contributed by atoms with Gasteiger partial charge in [-0.15, -0.1) is 0 Å². The lowest BCUT2D eigenvalue weighted by Gasteiger charge is -2.30. The summed E-state index contributed by atoms with van der Waals surface area (Å²) in [6.07, 6.45) is 0. The van der Waals surface area contributed by atoms with E-state index in [1.807, 2.05) is 18.2 Å². The molecule has 1 aliphatic carbocycles. The third-order valence-electron chi connectivity index (χ3n) is 11.5. The van der Waals surface area contributed by atoms with Crippen molar-refractivity contribution in [2.75, 3.05) is 4.90 Å². The number of hydrogen-bond donors (Lipinski definition) is 0. The molecule has 0 radical (unpaired) electrons. The molecule has 0 amide bonds. The highest BCUT2D eigenvalue weighted by Crippen LogP contribution is 2.52. The quantitative estimate of drug-likeness (QED) is 0.180. The van der Waals surface area contributed by atoms with Gasteiger partial charge in [-0.25, -0.2) is 0 Å².